The van der Waals surface area contributed by atoms with Crippen molar-refractivity contribution in [2.24, 2.45) is 0 Å². The summed E-state index contributed by atoms with van der Waals surface area (Å²) in [6, 6.07) is 7.47. The number of para-hydroxylation sites is 1. The van der Waals surface area contributed by atoms with Crippen LogP contribution in [0.4, 0.5) is 0 Å². The van der Waals surface area contributed by atoms with Gasteiger partial charge in [0.15, 0.2) is 0 Å². The largest absolute Gasteiger partial charge is 0.475 e. The third-order valence-corrected chi connectivity index (χ3v) is 6.30. The summed E-state index contributed by atoms with van der Waals surface area (Å²) in [5.74, 6) is 2.64. The van der Waals surface area contributed by atoms with Gasteiger partial charge < -0.3 is 14.8 Å². The molecule has 1 aromatic carbocycles. The van der Waals surface area contributed by atoms with Crippen LogP contribution in [0.15, 0.2) is 28.7 Å². The van der Waals surface area contributed by atoms with Gasteiger partial charge >= 0.3 is 5.97 Å². The smallest absolute Gasteiger partial charge is 0.372 e. The normalized spacial score (nSPS) is 19.0. The molecule has 0 aliphatic carbocycles. The van der Waals surface area contributed by atoms with Crippen molar-refractivity contribution >= 4 is 40.5 Å². The highest BCUT2D eigenvalue weighted by Crippen LogP contribution is 2.26. The Labute approximate surface area is 131 Å². The summed E-state index contributed by atoms with van der Waals surface area (Å²) in [6.07, 6.45) is 0. The Morgan fingerprint density at radius 1 is 1.38 bits per heavy atom. The molecule has 0 saturated carbocycles. The summed E-state index contributed by atoms with van der Waals surface area (Å²) in [5.41, 5.74) is 1.38. The molecule has 1 aliphatic rings. The fourth-order valence-electron chi connectivity index (χ4n) is 2.46. The van der Waals surface area contributed by atoms with Crippen molar-refractivity contribution in [3.8, 4) is 0 Å². The SMILES string of the molecule is O=C(O)c1oc2ccccc2c1CNCC1CSCCS1. The lowest BCUT2D eigenvalue weighted by molar-refractivity contribution is 0.0663. The average molecular weight is 323 g/mol. The van der Waals surface area contributed by atoms with Crippen LogP contribution in [0.2, 0.25) is 0 Å². The number of rotatable bonds is 5. The number of benzene rings is 1. The molecule has 0 spiro atoms. The van der Waals surface area contributed by atoms with E-state index >= 15 is 0 Å². The van der Waals surface area contributed by atoms with Crippen molar-refractivity contribution < 1.29 is 14.3 Å². The van der Waals surface area contributed by atoms with Crippen molar-refractivity contribution in [2.45, 2.75) is 11.8 Å². The van der Waals surface area contributed by atoms with Gasteiger partial charge in [0.25, 0.3) is 0 Å². The molecule has 2 N–H and O–H groups in total. The molecular weight excluding hydrogens is 306 g/mol. The molecule has 1 aromatic heterocycles. The monoisotopic (exact) mass is 323 g/mol. The maximum atomic E-state index is 11.3. The van der Waals surface area contributed by atoms with Gasteiger partial charge in [-0.3, -0.25) is 0 Å². The fourth-order valence-corrected chi connectivity index (χ4v) is 5.11. The minimum absolute atomic E-state index is 0.0503. The summed E-state index contributed by atoms with van der Waals surface area (Å²) in [6.45, 7) is 1.43. The van der Waals surface area contributed by atoms with Gasteiger partial charge in [0.1, 0.15) is 5.58 Å². The van der Waals surface area contributed by atoms with Gasteiger partial charge in [0.2, 0.25) is 5.76 Å². The minimum Gasteiger partial charge on any atom is -0.475 e. The molecule has 3 rings (SSSR count). The zero-order valence-corrected chi connectivity index (χ0v) is 13.1. The average Bonchev–Trinajstić information content (AvgIpc) is 2.88. The van der Waals surface area contributed by atoms with Crippen LogP contribution in [0.1, 0.15) is 16.1 Å². The zero-order valence-electron chi connectivity index (χ0n) is 11.5. The van der Waals surface area contributed by atoms with E-state index < -0.39 is 5.97 Å². The molecule has 1 aliphatic heterocycles. The summed E-state index contributed by atoms with van der Waals surface area (Å²) >= 11 is 3.98. The van der Waals surface area contributed by atoms with Crippen molar-refractivity contribution in [1.82, 2.24) is 5.32 Å². The summed E-state index contributed by atoms with van der Waals surface area (Å²) in [4.78, 5) is 11.3. The number of hydrogen-bond acceptors (Lipinski definition) is 5. The summed E-state index contributed by atoms with van der Waals surface area (Å²) in [7, 11) is 0. The van der Waals surface area contributed by atoms with Gasteiger partial charge in [-0.25, -0.2) is 4.79 Å². The third-order valence-electron chi connectivity index (χ3n) is 3.45. The molecule has 1 atom stereocenters. The van der Waals surface area contributed by atoms with E-state index in [1.54, 1.807) is 6.07 Å². The van der Waals surface area contributed by atoms with Crippen molar-refractivity contribution in [3.63, 3.8) is 0 Å². The number of furan rings is 1. The van der Waals surface area contributed by atoms with Crippen LogP contribution in [0.25, 0.3) is 11.0 Å². The second kappa shape index (κ2) is 6.77. The predicted octanol–water partition coefficient (Wildman–Crippen LogP) is 3.07. The molecular formula is C15H17NO3S2. The Hall–Kier alpha value is -1.11. The van der Waals surface area contributed by atoms with Crippen molar-refractivity contribution in [1.29, 1.82) is 0 Å². The number of hydrogen-bond donors (Lipinski definition) is 2. The van der Waals surface area contributed by atoms with Crippen molar-refractivity contribution in [2.75, 3.05) is 23.8 Å². The standard InChI is InChI=1S/C15H17NO3S2/c17-15(18)14-12(11-3-1-2-4-13(11)19-14)8-16-7-10-9-20-5-6-21-10/h1-4,10,16H,5-9H2,(H,17,18). The molecule has 0 radical (unpaired) electrons. The third kappa shape index (κ3) is 3.39. The number of nitrogens with one attached hydrogen (secondary N) is 1. The molecule has 1 fully saturated rings. The van der Waals surface area contributed by atoms with E-state index in [0.29, 0.717) is 17.4 Å². The van der Waals surface area contributed by atoms with E-state index in [0.717, 1.165) is 23.2 Å². The summed E-state index contributed by atoms with van der Waals surface area (Å²) in [5, 5.41) is 14.2. The van der Waals surface area contributed by atoms with Crippen LogP contribution >= 0.6 is 23.5 Å². The Morgan fingerprint density at radius 2 is 2.24 bits per heavy atom. The summed E-state index contributed by atoms with van der Waals surface area (Å²) < 4.78 is 5.45. The molecule has 1 saturated heterocycles. The van der Waals surface area contributed by atoms with E-state index in [9.17, 15) is 9.90 Å². The van der Waals surface area contributed by atoms with E-state index in [1.165, 1.54) is 11.5 Å². The molecule has 2 heterocycles. The second-order valence-electron chi connectivity index (χ2n) is 4.91. The van der Waals surface area contributed by atoms with Crippen LogP contribution in [0.5, 0.6) is 0 Å². The van der Waals surface area contributed by atoms with Crippen LogP contribution in [-0.4, -0.2) is 40.1 Å². The fraction of sp³-hybridized carbons (Fsp3) is 0.400. The highest BCUT2D eigenvalue weighted by molar-refractivity contribution is 8.06. The number of carboxylic acids is 1. The first kappa shape index (κ1) is 14.8. The van der Waals surface area contributed by atoms with Gasteiger partial charge in [-0.05, 0) is 6.07 Å². The quantitative estimate of drug-likeness (QED) is 0.882. The molecule has 1 unspecified atom stereocenters. The van der Waals surface area contributed by atoms with Crippen LogP contribution in [0.3, 0.4) is 0 Å². The van der Waals surface area contributed by atoms with Gasteiger partial charge in [-0.1, -0.05) is 18.2 Å². The second-order valence-corrected chi connectivity index (χ2v) is 7.47. The number of carboxylic acid groups (broad SMARTS) is 1. The van der Waals surface area contributed by atoms with Crippen LogP contribution in [0, 0.1) is 0 Å². The molecule has 0 bridgehead atoms. The molecule has 2 aromatic rings. The lowest BCUT2D eigenvalue weighted by atomic mass is 10.1. The Bertz CT molecular complexity index is 635. The minimum atomic E-state index is -1.01. The zero-order chi connectivity index (χ0) is 14.7. The first-order valence-electron chi connectivity index (χ1n) is 6.89. The van der Waals surface area contributed by atoms with E-state index in [4.69, 9.17) is 4.42 Å². The number of fused-ring (bicyclic) bond motifs is 1. The molecule has 0 amide bonds. The maximum Gasteiger partial charge on any atom is 0.372 e. The van der Waals surface area contributed by atoms with Gasteiger partial charge in [-0.15, -0.1) is 0 Å². The molecule has 6 heteroatoms. The lowest BCUT2D eigenvalue weighted by Gasteiger charge is -2.21. The van der Waals surface area contributed by atoms with Crippen LogP contribution < -0.4 is 5.32 Å². The maximum absolute atomic E-state index is 11.3. The molecule has 112 valence electrons. The first-order valence-corrected chi connectivity index (χ1v) is 9.10. The first-order chi connectivity index (χ1) is 10.3. The van der Waals surface area contributed by atoms with Crippen molar-refractivity contribution in [3.05, 3.63) is 35.6 Å². The van der Waals surface area contributed by atoms with Gasteiger partial charge in [0, 0.05) is 46.5 Å². The highest BCUT2D eigenvalue weighted by atomic mass is 32.2. The van der Waals surface area contributed by atoms with E-state index in [1.807, 2.05) is 41.7 Å². The predicted molar refractivity (Wildman–Crippen MR) is 88.5 cm³/mol. The lowest BCUT2D eigenvalue weighted by Crippen LogP contribution is -2.29. The van der Waals surface area contributed by atoms with E-state index in [-0.39, 0.29) is 5.76 Å². The number of thioether (sulfide) groups is 2. The van der Waals surface area contributed by atoms with Crippen LogP contribution in [-0.2, 0) is 6.54 Å². The highest BCUT2D eigenvalue weighted by Gasteiger charge is 2.20. The van der Waals surface area contributed by atoms with Gasteiger partial charge in [-0.2, -0.15) is 23.5 Å². The van der Waals surface area contributed by atoms with Gasteiger partial charge in [0.05, 0.1) is 0 Å². The Morgan fingerprint density at radius 3 is 3.00 bits per heavy atom. The topological polar surface area (TPSA) is 62.5 Å². The molecule has 4 nitrogen and oxygen atoms in total. The number of carbonyl (C=O) groups is 1. The Balaban J connectivity index is 1.72. The molecule has 21 heavy (non-hydrogen) atoms. The number of aromatic carboxylic acids is 1. The Kier molecular flexibility index (Phi) is 4.77. The van der Waals surface area contributed by atoms with E-state index in [2.05, 4.69) is 5.32 Å².